The van der Waals surface area contributed by atoms with Crippen LogP contribution in [-0.4, -0.2) is 27.2 Å². The molecule has 3 N–H and O–H groups in total. The molecule has 0 bridgehead atoms. The molecule has 6 nitrogen and oxygen atoms in total. The van der Waals surface area contributed by atoms with Crippen LogP contribution in [0.3, 0.4) is 0 Å². The van der Waals surface area contributed by atoms with Gasteiger partial charge >= 0.3 is 0 Å². The summed E-state index contributed by atoms with van der Waals surface area (Å²) in [5.74, 6) is 0.217. The summed E-state index contributed by atoms with van der Waals surface area (Å²) in [5, 5.41) is 6.90. The van der Waals surface area contributed by atoms with Crippen molar-refractivity contribution in [3.05, 3.63) is 36.8 Å². The molecule has 0 radical (unpaired) electrons. The van der Waals surface area contributed by atoms with E-state index in [0.717, 1.165) is 0 Å². The highest BCUT2D eigenvalue weighted by atomic mass is 35.5. The summed E-state index contributed by atoms with van der Waals surface area (Å²) in [7, 11) is 0. The molecule has 0 spiro atoms. The normalized spacial score (nSPS) is 10.9. The summed E-state index contributed by atoms with van der Waals surface area (Å²) in [4.78, 5) is 16.0. The standard InChI is InChI=1S/C12H15N5O.2ClH/c1-9(8-13)12(18)16-10-4-2-5-14-11(10)17-7-3-6-15-17;;/h2-7,9H,8,13H2,1H3,(H,16,18);2*1H. The largest absolute Gasteiger partial charge is 0.330 e. The Hall–Kier alpha value is -1.63. The lowest BCUT2D eigenvalue weighted by molar-refractivity contribution is -0.119. The van der Waals surface area contributed by atoms with Gasteiger partial charge in [-0.05, 0) is 18.2 Å². The van der Waals surface area contributed by atoms with E-state index in [1.807, 2.05) is 0 Å². The maximum Gasteiger partial charge on any atom is 0.228 e. The van der Waals surface area contributed by atoms with E-state index in [4.69, 9.17) is 5.73 Å². The quantitative estimate of drug-likeness (QED) is 0.897. The van der Waals surface area contributed by atoms with Gasteiger partial charge in [-0.2, -0.15) is 5.10 Å². The topological polar surface area (TPSA) is 85.8 Å². The van der Waals surface area contributed by atoms with Crippen molar-refractivity contribution in [2.45, 2.75) is 6.92 Å². The monoisotopic (exact) mass is 317 g/mol. The van der Waals surface area contributed by atoms with Crippen LogP contribution in [0.1, 0.15) is 6.92 Å². The van der Waals surface area contributed by atoms with Crippen molar-refractivity contribution >= 4 is 36.4 Å². The Morgan fingerprint density at radius 3 is 2.75 bits per heavy atom. The number of anilines is 1. The molecule has 0 aliphatic carbocycles. The number of nitrogens with one attached hydrogen (secondary N) is 1. The van der Waals surface area contributed by atoms with Crippen LogP contribution in [0.2, 0.25) is 0 Å². The average Bonchev–Trinajstić information content (AvgIpc) is 2.92. The Bertz CT molecular complexity index is 532. The van der Waals surface area contributed by atoms with Crippen molar-refractivity contribution in [1.82, 2.24) is 14.8 Å². The molecule has 0 aromatic carbocycles. The minimum atomic E-state index is -0.240. The highest BCUT2D eigenvalue weighted by Gasteiger charge is 2.14. The molecule has 1 atom stereocenters. The summed E-state index contributed by atoms with van der Waals surface area (Å²) in [5.41, 5.74) is 6.08. The smallest absolute Gasteiger partial charge is 0.228 e. The second-order valence-corrected chi connectivity index (χ2v) is 3.95. The third-order valence-electron chi connectivity index (χ3n) is 2.57. The minimum absolute atomic E-state index is 0. The molecule has 0 saturated carbocycles. The highest BCUT2D eigenvalue weighted by molar-refractivity contribution is 5.93. The summed E-state index contributed by atoms with van der Waals surface area (Å²) in [6.45, 7) is 2.09. The molecule has 0 fully saturated rings. The van der Waals surface area contributed by atoms with Gasteiger partial charge < -0.3 is 11.1 Å². The summed E-state index contributed by atoms with van der Waals surface area (Å²) in [6.07, 6.45) is 5.08. The van der Waals surface area contributed by atoms with Gasteiger partial charge in [0, 0.05) is 31.1 Å². The second-order valence-electron chi connectivity index (χ2n) is 3.95. The molecular weight excluding hydrogens is 301 g/mol. The van der Waals surface area contributed by atoms with E-state index < -0.39 is 0 Å². The van der Waals surface area contributed by atoms with Crippen LogP contribution >= 0.6 is 24.8 Å². The minimum Gasteiger partial charge on any atom is -0.330 e. The zero-order valence-electron chi connectivity index (χ0n) is 10.9. The van der Waals surface area contributed by atoms with Crippen LogP contribution in [0.4, 0.5) is 5.69 Å². The number of hydrogen-bond donors (Lipinski definition) is 2. The lowest BCUT2D eigenvalue weighted by Crippen LogP contribution is -2.27. The Morgan fingerprint density at radius 1 is 1.40 bits per heavy atom. The predicted molar refractivity (Wildman–Crippen MR) is 82.7 cm³/mol. The predicted octanol–water partition coefficient (Wildman–Crippen LogP) is 1.64. The van der Waals surface area contributed by atoms with Crippen molar-refractivity contribution in [2.24, 2.45) is 11.7 Å². The number of hydrogen-bond acceptors (Lipinski definition) is 4. The molecular formula is C12H17Cl2N5O. The second kappa shape index (κ2) is 8.52. The Labute approximate surface area is 129 Å². The summed E-state index contributed by atoms with van der Waals surface area (Å²) >= 11 is 0. The van der Waals surface area contributed by atoms with Gasteiger partial charge in [-0.1, -0.05) is 6.92 Å². The fourth-order valence-corrected chi connectivity index (χ4v) is 1.43. The number of halogens is 2. The fourth-order valence-electron chi connectivity index (χ4n) is 1.43. The van der Waals surface area contributed by atoms with Gasteiger partial charge in [0.2, 0.25) is 5.91 Å². The Kier molecular flexibility index (Phi) is 7.83. The van der Waals surface area contributed by atoms with E-state index in [-0.39, 0.29) is 36.6 Å². The van der Waals surface area contributed by atoms with Crippen molar-refractivity contribution in [3.8, 4) is 5.82 Å². The molecule has 0 aliphatic rings. The zero-order valence-corrected chi connectivity index (χ0v) is 12.5. The lowest BCUT2D eigenvalue weighted by atomic mass is 10.1. The number of aromatic nitrogens is 3. The number of nitrogens with two attached hydrogens (primary N) is 1. The first-order chi connectivity index (χ1) is 8.72. The van der Waals surface area contributed by atoms with E-state index in [1.165, 1.54) is 0 Å². The Balaban J connectivity index is 0.00000180. The van der Waals surface area contributed by atoms with E-state index in [9.17, 15) is 4.79 Å². The number of amides is 1. The van der Waals surface area contributed by atoms with Gasteiger partial charge in [-0.15, -0.1) is 24.8 Å². The molecule has 0 saturated heterocycles. The van der Waals surface area contributed by atoms with E-state index in [2.05, 4.69) is 15.4 Å². The highest BCUT2D eigenvalue weighted by Crippen LogP contribution is 2.16. The molecule has 0 aliphatic heterocycles. The molecule has 2 rings (SSSR count). The zero-order chi connectivity index (χ0) is 13.0. The van der Waals surface area contributed by atoms with Crippen LogP contribution < -0.4 is 11.1 Å². The van der Waals surface area contributed by atoms with E-state index in [1.54, 1.807) is 48.4 Å². The van der Waals surface area contributed by atoms with Gasteiger partial charge in [0.15, 0.2) is 5.82 Å². The number of carbonyl (C=O) groups is 1. The molecule has 8 heteroatoms. The van der Waals surface area contributed by atoms with Crippen LogP contribution in [-0.2, 0) is 4.79 Å². The lowest BCUT2D eigenvalue weighted by Gasteiger charge is -2.12. The van der Waals surface area contributed by atoms with E-state index >= 15 is 0 Å². The van der Waals surface area contributed by atoms with Crippen LogP contribution in [0.25, 0.3) is 5.82 Å². The van der Waals surface area contributed by atoms with Crippen molar-refractivity contribution < 1.29 is 4.79 Å². The van der Waals surface area contributed by atoms with Crippen LogP contribution in [0.15, 0.2) is 36.8 Å². The van der Waals surface area contributed by atoms with Crippen LogP contribution in [0, 0.1) is 5.92 Å². The van der Waals surface area contributed by atoms with Crippen molar-refractivity contribution in [2.75, 3.05) is 11.9 Å². The molecule has 110 valence electrons. The number of nitrogens with zero attached hydrogens (tertiary/aromatic N) is 3. The Morgan fingerprint density at radius 2 is 2.15 bits per heavy atom. The molecule has 2 aromatic rings. The van der Waals surface area contributed by atoms with Crippen LogP contribution in [0.5, 0.6) is 0 Å². The summed E-state index contributed by atoms with van der Waals surface area (Å²) < 4.78 is 1.60. The number of pyridine rings is 1. The SMILES string of the molecule is CC(CN)C(=O)Nc1cccnc1-n1cccn1.Cl.Cl. The molecule has 1 amide bonds. The molecule has 2 heterocycles. The first-order valence-electron chi connectivity index (χ1n) is 5.68. The maximum atomic E-state index is 11.8. The average molecular weight is 318 g/mol. The van der Waals surface area contributed by atoms with Crippen molar-refractivity contribution in [1.29, 1.82) is 0 Å². The van der Waals surface area contributed by atoms with Gasteiger partial charge in [0.05, 0.1) is 5.69 Å². The maximum absolute atomic E-state index is 11.8. The van der Waals surface area contributed by atoms with Crippen molar-refractivity contribution in [3.63, 3.8) is 0 Å². The first-order valence-corrected chi connectivity index (χ1v) is 5.68. The first kappa shape index (κ1) is 18.4. The van der Waals surface area contributed by atoms with Gasteiger partial charge in [-0.3, -0.25) is 4.79 Å². The van der Waals surface area contributed by atoms with Gasteiger partial charge in [-0.25, -0.2) is 9.67 Å². The molecule has 1 unspecified atom stereocenters. The fraction of sp³-hybridized carbons (Fsp3) is 0.250. The summed E-state index contributed by atoms with van der Waals surface area (Å²) in [6, 6.07) is 5.34. The van der Waals surface area contributed by atoms with Gasteiger partial charge in [0.1, 0.15) is 0 Å². The third-order valence-corrected chi connectivity index (χ3v) is 2.57. The molecule has 20 heavy (non-hydrogen) atoms. The van der Waals surface area contributed by atoms with Gasteiger partial charge in [0.25, 0.3) is 0 Å². The van der Waals surface area contributed by atoms with E-state index in [0.29, 0.717) is 18.1 Å². The number of carbonyl (C=O) groups excluding carboxylic acids is 1. The number of rotatable bonds is 4. The third kappa shape index (κ3) is 4.19. The molecule has 2 aromatic heterocycles.